The maximum Gasteiger partial charge on any atom is 0.0511 e. The minimum atomic E-state index is 0.598. The quantitative estimate of drug-likeness (QED) is 0.923. The van der Waals surface area contributed by atoms with E-state index in [4.69, 9.17) is 5.73 Å². The van der Waals surface area contributed by atoms with Gasteiger partial charge in [-0.05, 0) is 47.0 Å². The smallest absolute Gasteiger partial charge is 0.0511 e. The van der Waals surface area contributed by atoms with Crippen molar-refractivity contribution in [2.45, 2.75) is 32.9 Å². The van der Waals surface area contributed by atoms with E-state index in [0.717, 1.165) is 30.7 Å². The molecule has 0 bridgehead atoms. The van der Waals surface area contributed by atoms with E-state index in [9.17, 15) is 0 Å². The Labute approximate surface area is 124 Å². The van der Waals surface area contributed by atoms with Gasteiger partial charge < -0.3 is 10.6 Å². The monoisotopic (exact) mass is 325 g/mol. The number of hydrogen-bond acceptors (Lipinski definition) is 3. The Morgan fingerprint density at radius 3 is 2.47 bits per heavy atom. The standard InChI is InChI=1S/C15H24BrN3/c1-3-12(2)18-6-8-19(9-7-18)15-5-4-13(11-17)10-14(15)16/h4-5,10,12H,3,6-9,11,17H2,1-2H3. The molecular formula is C15H24BrN3. The minimum Gasteiger partial charge on any atom is -0.368 e. The van der Waals surface area contributed by atoms with Gasteiger partial charge in [0.15, 0.2) is 0 Å². The number of halogens is 1. The summed E-state index contributed by atoms with van der Waals surface area (Å²) in [6, 6.07) is 7.15. The first-order valence-corrected chi connectivity index (χ1v) is 7.92. The third-order valence-electron chi connectivity index (χ3n) is 4.12. The van der Waals surface area contributed by atoms with Gasteiger partial charge in [-0.1, -0.05) is 13.0 Å². The number of rotatable bonds is 4. The number of hydrogen-bond donors (Lipinski definition) is 1. The lowest BCUT2D eigenvalue weighted by molar-refractivity contribution is 0.193. The molecule has 0 saturated carbocycles. The Morgan fingerprint density at radius 1 is 1.26 bits per heavy atom. The van der Waals surface area contributed by atoms with Crippen molar-refractivity contribution >= 4 is 21.6 Å². The molecule has 3 nitrogen and oxygen atoms in total. The Hall–Kier alpha value is -0.580. The van der Waals surface area contributed by atoms with Crippen LogP contribution >= 0.6 is 15.9 Å². The fraction of sp³-hybridized carbons (Fsp3) is 0.600. The molecule has 0 amide bonds. The average Bonchev–Trinajstić information content (AvgIpc) is 2.46. The van der Waals surface area contributed by atoms with Crippen LogP contribution in [-0.2, 0) is 6.54 Å². The van der Waals surface area contributed by atoms with Crippen molar-refractivity contribution in [3.63, 3.8) is 0 Å². The Morgan fingerprint density at radius 2 is 1.95 bits per heavy atom. The highest BCUT2D eigenvalue weighted by molar-refractivity contribution is 9.10. The molecular weight excluding hydrogens is 302 g/mol. The molecule has 2 rings (SSSR count). The molecule has 106 valence electrons. The van der Waals surface area contributed by atoms with Crippen LogP contribution < -0.4 is 10.6 Å². The zero-order valence-corrected chi connectivity index (χ0v) is 13.5. The Kier molecular flexibility index (Phi) is 5.25. The topological polar surface area (TPSA) is 32.5 Å². The first-order chi connectivity index (χ1) is 9.15. The zero-order valence-electron chi connectivity index (χ0n) is 11.9. The van der Waals surface area contributed by atoms with Crippen LogP contribution in [0.5, 0.6) is 0 Å². The normalized spacial score (nSPS) is 18.6. The molecule has 4 heteroatoms. The van der Waals surface area contributed by atoms with E-state index < -0.39 is 0 Å². The van der Waals surface area contributed by atoms with Crippen molar-refractivity contribution < 1.29 is 0 Å². The summed E-state index contributed by atoms with van der Waals surface area (Å²) < 4.78 is 1.16. The lowest BCUT2D eigenvalue weighted by Crippen LogP contribution is -2.49. The van der Waals surface area contributed by atoms with Crippen molar-refractivity contribution in [2.75, 3.05) is 31.1 Å². The van der Waals surface area contributed by atoms with Crippen LogP contribution in [0.1, 0.15) is 25.8 Å². The molecule has 0 radical (unpaired) electrons. The molecule has 1 atom stereocenters. The highest BCUT2D eigenvalue weighted by Gasteiger charge is 2.21. The number of nitrogens with two attached hydrogens (primary N) is 1. The fourth-order valence-corrected chi connectivity index (χ4v) is 3.27. The minimum absolute atomic E-state index is 0.598. The van der Waals surface area contributed by atoms with Gasteiger partial charge in [0.25, 0.3) is 0 Å². The average molecular weight is 326 g/mol. The van der Waals surface area contributed by atoms with E-state index >= 15 is 0 Å². The molecule has 2 N–H and O–H groups in total. The molecule has 1 heterocycles. The molecule has 1 aromatic carbocycles. The summed E-state index contributed by atoms with van der Waals surface area (Å²) in [5.74, 6) is 0. The fourth-order valence-electron chi connectivity index (χ4n) is 2.60. The third kappa shape index (κ3) is 3.50. The first kappa shape index (κ1) is 14.8. The maximum absolute atomic E-state index is 5.67. The lowest BCUT2D eigenvalue weighted by Gasteiger charge is -2.39. The molecule has 0 spiro atoms. The predicted octanol–water partition coefficient (Wildman–Crippen LogP) is 2.83. The predicted molar refractivity (Wildman–Crippen MR) is 85.6 cm³/mol. The summed E-state index contributed by atoms with van der Waals surface area (Å²) >= 11 is 3.67. The van der Waals surface area contributed by atoms with Gasteiger partial charge in [-0.2, -0.15) is 0 Å². The van der Waals surface area contributed by atoms with E-state index in [0.29, 0.717) is 12.6 Å². The molecule has 1 aromatic rings. The zero-order chi connectivity index (χ0) is 13.8. The largest absolute Gasteiger partial charge is 0.368 e. The van der Waals surface area contributed by atoms with E-state index in [1.807, 2.05) is 0 Å². The van der Waals surface area contributed by atoms with Gasteiger partial charge in [0.2, 0.25) is 0 Å². The van der Waals surface area contributed by atoms with Crippen LogP contribution in [0.3, 0.4) is 0 Å². The van der Waals surface area contributed by atoms with E-state index in [1.165, 1.54) is 17.7 Å². The van der Waals surface area contributed by atoms with Crippen LogP contribution in [-0.4, -0.2) is 37.1 Å². The van der Waals surface area contributed by atoms with Gasteiger partial charge in [0.1, 0.15) is 0 Å². The van der Waals surface area contributed by atoms with Crippen molar-refractivity contribution in [1.82, 2.24) is 4.90 Å². The molecule has 19 heavy (non-hydrogen) atoms. The second kappa shape index (κ2) is 6.73. The van der Waals surface area contributed by atoms with Crippen molar-refractivity contribution in [2.24, 2.45) is 5.73 Å². The van der Waals surface area contributed by atoms with E-state index in [-0.39, 0.29) is 0 Å². The van der Waals surface area contributed by atoms with Crippen LogP contribution in [0, 0.1) is 0 Å². The Bertz CT molecular complexity index is 414. The van der Waals surface area contributed by atoms with Crippen LogP contribution in [0.25, 0.3) is 0 Å². The first-order valence-electron chi connectivity index (χ1n) is 7.13. The van der Waals surface area contributed by atoms with Gasteiger partial charge in [-0.3, -0.25) is 4.90 Å². The summed E-state index contributed by atoms with van der Waals surface area (Å²) in [7, 11) is 0. The number of benzene rings is 1. The number of piperazine rings is 1. The highest BCUT2D eigenvalue weighted by Crippen LogP contribution is 2.28. The van der Waals surface area contributed by atoms with E-state index in [2.05, 4.69) is 57.8 Å². The summed E-state index contributed by atoms with van der Waals surface area (Å²) in [4.78, 5) is 5.04. The molecule has 1 saturated heterocycles. The summed E-state index contributed by atoms with van der Waals surface area (Å²) in [6.45, 7) is 9.69. The molecule has 0 aliphatic carbocycles. The van der Waals surface area contributed by atoms with Crippen LogP contribution in [0.4, 0.5) is 5.69 Å². The summed E-state index contributed by atoms with van der Waals surface area (Å²) in [5, 5.41) is 0. The van der Waals surface area contributed by atoms with Gasteiger partial charge >= 0.3 is 0 Å². The van der Waals surface area contributed by atoms with Gasteiger partial charge in [0.05, 0.1) is 5.69 Å². The van der Waals surface area contributed by atoms with Gasteiger partial charge in [0, 0.05) is 43.2 Å². The van der Waals surface area contributed by atoms with Crippen molar-refractivity contribution in [1.29, 1.82) is 0 Å². The van der Waals surface area contributed by atoms with Gasteiger partial charge in [-0.25, -0.2) is 0 Å². The van der Waals surface area contributed by atoms with Crippen molar-refractivity contribution in [3.05, 3.63) is 28.2 Å². The third-order valence-corrected chi connectivity index (χ3v) is 4.75. The molecule has 1 aliphatic rings. The number of anilines is 1. The SMILES string of the molecule is CCC(C)N1CCN(c2ccc(CN)cc2Br)CC1. The molecule has 1 fully saturated rings. The van der Waals surface area contributed by atoms with Gasteiger partial charge in [-0.15, -0.1) is 0 Å². The maximum atomic E-state index is 5.67. The summed E-state index contributed by atoms with van der Waals surface area (Å²) in [5.41, 5.74) is 8.14. The van der Waals surface area contributed by atoms with Crippen LogP contribution in [0.15, 0.2) is 22.7 Å². The lowest BCUT2D eigenvalue weighted by atomic mass is 10.1. The highest BCUT2D eigenvalue weighted by atomic mass is 79.9. The molecule has 0 aromatic heterocycles. The molecule has 1 aliphatic heterocycles. The Balaban J connectivity index is 2.01. The van der Waals surface area contributed by atoms with Crippen LogP contribution in [0.2, 0.25) is 0 Å². The van der Waals surface area contributed by atoms with Crippen molar-refractivity contribution in [3.8, 4) is 0 Å². The number of nitrogens with zero attached hydrogens (tertiary/aromatic N) is 2. The second-order valence-electron chi connectivity index (χ2n) is 5.27. The molecule has 1 unspecified atom stereocenters. The summed E-state index contributed by atoms with van der Waals surface area (Å²) in [6.07, 6.45) is 1.23. The van der Waals surface area contributed by atoms with E-state index in [1.54, 1.807) is 0 Å². The second-order valence-corrected chi connectivity index (χ2v) is 6.12.